The summed E-state index contributed by atoms with van der Waals surface area (Å²) in [5.74, 6) is 0.319. The molecule has 1 aromatic carbocycles. The summed E-state index contributed by atoms with van der Waals surface area (Å²) in [6, 6.07) is 9.28. The Labute approximate surface area is 126 Å². The number of hydrogen-bond donors (Lipinski definition) is 1. The van der Waals surface area contributed by atoms with E-state index >= 15 is 0 Å². The number of hydrogen-bond acceptors (Lipinski definition) is 4. The molecule has 1 aliphatic heterocycles. The Hall–Kier alpha value is -2.57. The maximum atomic E-state index is 14.8. The zero-order valence-electron chi connectivity index (χ0n) is 12.4. The van der Waals surface area contributed by atoms with Crippen molar-refractivity contribution < 1.29 is 4.39 Å². The van der Waals surface area contributed by atoms with E-state index in [0.717, 1.165) is 5.56 Å². The molecule has 22 heavy (non-hydrogen) atoms. The molecule has 0 fully saturated rings. The van der Waals surface area contributed by atoms with Crippen molar-refractivity contribution in [1.29, 1.82) is 0 Å². The number of nitrogens with one attached hydrogen (secondary N) is 1. The highest BCUT2D eigenvalue weighted by molar-refractivity contribution is 5.71. The molecule has 2 aromatic rings. The van der Waals surface area contributed by atoms with Crippen LogP contribution in [0.3, 0.4) is 0 Å². The van der Waals surface area contributed by atoms with Crippen molar-refractivity contribution in [1.82, 2.24) is 9.55 Å². The van der Waals surface area contributed by atoms with Gasteiger partial charge in [0.2, 0.25) is 0 Å². The summed E-state index contributed by atoms with van der Waals surface area (Å²) < 4.78 is 16.0. The number of rotatable bonds is 3. The fourth-order valence-electron chi connectivity index (χ4n) is 2.78. The van der Waals surface area contributed by atoms with Crippen molar-refractivity contribution in [2.45, 2.75) is 12.7 Å². The number of nitrogens with zero attached hydrogens (tertiary/aromatic N) is 3. The standard InChI is InChI=1S/C15H17FN4O2/c1-18-9-20(11(16)8-10-6-4-3-5-7-10)14-12(18)13(21)17-15(22)19(14)2/h3-7,11H,8-9H2,1-2H3,(H,17,21,22). The predicted molar refractivity (Wildman–Crippen MR) is 83.1 cm³/mol. The summed E-state index contributed by atoms with van der Waals surface area (Å²) in [5.41, 5.74) is 0.143. The van der Waals surface area contributed by atoms with Crippen molar-refractivity contribution >= 4 is 11.5 Å². The minimum atomic E-state index is -1.32. The van der Waals surface area contributed by atoms with Crippen molar-refractivity contribution in [3.05, 3.63) is 56.7 Å². The van der Waals surface area contributed by atoms with Crippen LogP contribution in [0.4, 0.5) is 15.9 Å². The zero-order chi connectivity index (χ0) is 15.9. The largest absolute Gasteiger partial charge is 0.349 e. The lowest BCUT2D eigenvalue weighted by Gasteiger charge is -2.24. The Kier molecular flexibility index (Phi) is 3.48. The zero-order valence-corrected chi connectivity index (χ0v) is 12.4. The van der Waals surface area contributed by atoms with Crippen molar-refractivity contribution in [3.8, 4) is 0 Å². The molecule has 0 spiro atoms. The van der Waals surface area contributed by atoms with Crippen LogP contribution >= 0.6 is 0 Å². The summed E-state index contributed by atoms with van der Waals surface area (Å²) >= 11 is 0. The molecule has 6 nitrogen and oxygen atoms in total. The van der Waals surface area contributed by atoms with Crippen LogP contribution in [-0.2, 0) is 13.5 Å². The van der Waals surface area contributed by atoms with E-state index in [9.17, 15) is 14.0 Å². The average molecular weight is 304 g/mol. The molecule has 0 bridgehead atoms. The Morgan fingerprint density at radius 1 is 1.23 bits per heavy atom. The second kappa shape index (κ2) is 5.32. The lowest BCUT2D eigenvalue weighted by Crippen LogP contribution is -2.38. The Morgan fingerprint density at radius 3 is 2.59 bits per heavy atom. The van der Waals surface area contributed by atoms with Crippen LogP contribution in [0.15, 0.2) is 39.9 Å². The lowest BCUT2D eigenvalue weighted by molar-refractivity contribution is 0.317. The fraction of sp³-hybridized carbons (Fsp3) is 0.333. The van der Waals surface area contributed by atoms with Gasteiger partial charge in [-0.2, -0.15) is 0 Å². The number of fused-ring (bicyclic) bond motifs is 1. The number of aromatic nitrogens is 2. The van der Waals surface area contributed by atoms with E-state index in [1.807, 2.05) is 30.3 Å². The molecule has 7 heteroatoms. The molecule has 0 saturated heterocycles. The highest BCUT2D eigenvalue weighted by atomic mass is 19.1. The molecule has 1 aliphatic rings. The molecule has 0 aliphatic carbocycles. The van der Waals surface area contributed by atoms with Crippen LogP contribution in [0.2, 0.25) is 0 Å². The number of alkyl halides is 1. The molecule has 0 radical (unpaired) electrons. The molecule has 1 aromatic heterocycles. The summed E-state index contributed by atoms with van der Waals surface area (Å²) in [4.78, 5) is 29.1. The van der Waals surface area contributed by atoms with Gasteiger partial charge in [-0.1, -0.05) is 30.3 Å². The lowest BCUT2D eigenvalue weighted by atomic mass is 10.1. The fourth-order valence-corrected chi connectivity index (χ4v) is 2.78. The molecule has 0 amide bonds. The first kappa shape index (κ1) is 14.4. The van der Waals surface area contributed by atoms with Crippen LogP contribution < -0.4 is 21.0 Å². The van der Waals surface area contributed by atoms with Gasteiger partial charge in [-0.3, -0.25) is 14.3 Å². The van der Waals surface area contributed by atoms with Crippen LogP contribution in [0.5, 0.6) is 0 Å². The number of benzene rings is 1. The van der Waals surface area contributed by atoms with Gasteiger partial charge in [-0.15, -0.1) is 0 Å². The molecule has 1 N–H and O–H groups in total. The number of aromatic amines is 1. The van der Waals surface area contributed by atoms with Crippen molar-refractivity contribution in [2.75, 3.05) is 23.5 Å². The first-order valence-electron chi connectivity index (χ1n) is 6.98. The maximum Gasteiger partial charge on any atom is 0.329 e. The third kappa shape index (κ3) is 2.28. The second-order valence-corrected chi connectivity index (χ2v) is 5.42. The summed E-state index contributed by atoms with van der Waals surface area (Å²) in [5, 5.41) is 0. The highest BCUT2D eigenvalue weighted by Crippen LogP contribution is 2.32. The molecular formula is C15H17FN4O2. The van der Waals surface area contributed by atoms with Crippen LogP contribution in [0.25, 0.3) is 0 Å². The Morgan fingerprint density at radius 2 is 1.91 bits per heavy atom. The quantitative estimate of drug-likeness (QED) is 0.853. The molecule has 0 saturated carbocycles. The summed E-state index contributed by atoms with van der Waals surface area (Å²) in [6.45, 7) is 0.226. The summed E-state index contributed by atoms with van der Waals surface area (Å²) in [7, 11) is 3.23. The van der Waals surface area contributed by atoms with Gasteiger partial charge in [0.25, 0.3) is 5.56 Å². The Bertz CT molecular complexity index is 799. The normalized spacial score (nSPS) is 15.0. The molecule has 1 unspecified atom stereocenters. The van der Waals surface area contributed by atoms with E-state index in [2.05, 4.69) is 4.98 Å². The van der Waals surface area contributed by atoms with Crippen LogP contribution in [0, 0.1) is 0 Å². The molecule has 2 heterocycles. The SMILES string of the molecule is CN1CN(C(F)Cc2ccccc2)c2c1c(=O)[nH]c(=O)n2C. The van der Waals surface area contributed by atoms with Crippen LogP contribution in [0.1, 0.15) is 5.56 Å². The topological polar surface area (TPSA) is 61.3 Å². The van der Waals surface area contributed by atoms with E-state index in [1.54, 1.807) is 11.9 Å². The average Bonchev–Trinajstić information content (AvgIpc) is 2.84. The van der Waals surface area contributed by atoms with Crippen LogP contribution in [-0.4, -0.2) is 29.6 Å². The van der Waals surface area contributed by atoms with E-state index in [1.165, 1.54) is 16.5 Å². The monoisotopic (exact) mass is 304 g/mol. The minimum absolute atomic E-state index is 0.190. The van der Waals surface area contributed by atoms with Gasteiger partial charge in [-0.05, 0) is 5.56 Å². The van der Waals surface area contributed by atoms with Gasteiger partial charge in [0, 0.05) is 20.5 Å². The van der Waals surface area contributed by atoms with Gasteiger partial charge in [0.15, 0.2) is 6.30 Å². The highest BCUT2D eigenvalue weighted by Gasteiger charge is 2.34. The molecule has 3 rings (SSSR count). The van der Waals surface area contributed by atoms with Crippen molar-refractivity contribution in [3.63, 3.8) is 0 Å². The first-order valence-corrected chi connectivity index (χ1v) is 6.98. The van der Waals surface area contributed by atoms with Gasteiger partial charge < -0.3 is 9.80 Å². The molecular weight excluding hydrogens is 287 g/mol. The second-order valence-electron chi connectivity index (χ2n) is 5.42. The van der Waals surface area contributed by atoms with Gasteiger partial charge in [0.05, 0.1) is 6.67 Å². The Balaban J connectivity index is 1.99. The smallest absolute Gasteiger partial charge is 0.329 e. The van der Waals surface area contributed by atoms with E-state index in [0.29, 0.717) is 11.5 Å². The molecule has 1 atom stereocenters. The van der Waals surface area contributed by atoms with E-state index in [4.69, 9.17) is 0 Å². The van der Waals surface area contributed by atoms with E-state index < -0.39 is 17.5 Å². The van der Waals surface area contributed by atoms with Gasteiger partial charge >= 0.3 is 5.69 Å². The minimum Gasteiger partial charge on any atom is -0.349 e. The third-order valence-corrected chi connectivity index (χ3v) is 3.87. The predicted octanol–water partition coefficient (Wildman–Crippen LogP) is 0.826. The van der Waals surface area contributed by atoms with Gasteiger partial charge in [-0.25, -0.2) is 9.18 Å². The molecule has 116 valence electrons. The number of halogens is 1. The van der Waals surface area contributed by atoms with Gasteiger partial charge in [0.1, 0.15) is 11.5 Å². The number of H-pyrrole nitrogens is 1. The first-order chi connectivity index (χ1) is 10.5. The summed E-state index contributed by atoms with van der Waals surface area (Å²) in [6.07, 6.45) is -1.13. The maximum absolute atomic E-state index is 14.8. The third-order valence-electron chi connectivity index (χ3n) is 3.87. The van der Waals surface area contributed by atoms with E-state index in [-0.39, 0.29) is 13.1 Å². The number of anilines is 2. The van der Waals surface area contributed by atoms with Crippen molar-refractivity contribution in [2.24, 2.45) is 7.05 Å².